The van der Waals surface area contributed by atoms with Gasteiger partial charge in [-0.1, -0.05) is 41.4 Å². The molecule has 1 aromatic rings. The number of allylic oxidation sites excluding steroid dienone is 1. The standard InChI is InChI=1S/C11H10Cl2.CHClO2/c12-10-5-3-9(4-6-10)11(13)7-8-1-2-8;2-1(3)4/h3-8H,1-2H2;(H,3,4)/b11-7+;. The molecule has 92 valence electrons. The summed E-state index contributed by atoms with van der Waals surface area (Å²) in [4.78, 5) is 8.77. The zero-order valence-electron chi connectivity index (χ0n) is 8.87. The first-order valence-corrected chi connectivity index (χ1v) is 6.14. The van der Waals surface area contributed by atoms with Crippen molar-refractivity contribution in [2.75, 3.05) is 0 Å². The number of carboxylic acid groups (broad SMARTS) is 1. The summed E-state index contributed by atoms with van der Waals surface area (Å²) in [5.74, 6) is 0.711. The highest BCUT2D eigenvalue weighted by Gasteiger charge is 2.19. The molecule has 5 heteroatoms. The highest BCUT2D eigenvalue weighted by Crippen LogP contribution is 2.34. The Morgan fingerprint density at radius 1 is 1.24 bits per heavy atom. The highest BCUT2D eigenvalue weighted by atomic mass is 35.5. The van der Waals surface area contributed by atoms with E-state index in [1.165, 1.54) is 12.8 Å². The van der Waals surface area contributed by atoms with Gasteiger partial charge in [0.2, 0.25) is 0 Å². The Morgan fingerprint density at radius 2 is 1.71 bits per heavy atom. The molecule has 1 fully saturated rings. The van der Waals surface area contributed by atoms with E-state index in [-0.39, 0.29) is 0 Å². The van der Waals surface area contributed by atoms with Gasteiger partial charge in [-0.05, 0) is 36.5 Å². The van der Waals surface area contributed by atoms with Gasteiger partial charge in [-0.3, -0.25) is 0 Å². The Kier molecular flexibility index (Phi) is 5.83. The Morgan fingerprint density at radius 3 is 2.12 bits per heavy atom. The normalized spacial score (nSPS) is 14.9. The predicted molar refractivity (Wildman–Crippen MR) is 71.9 cm³/mol. The van der Waals surface area contributed by atoms with Gasteiger partial charge in [-0.25, -0.2) is 4.79 Å². The number of halogens is 3. The van der Waals surface area contributed by atoms with Crippen molar-refractivity contribution in [3.63, 3.8) is 0 Å². The summed E-state index contributed by atoms with van der Waals surface area (Å²) in [5.41, 5.74) is -0.307. The van der Waals surface area contributed by atoms with Crippen molar-refractivity contribution in [3.05, 3.63) is 40.9 Å². The van der Waals surface area contributed by atoms with Crippen molar-refractivity contribution >= 4 is 45.3 Å². The van der Waals surface area contributed by atoms with E-state index in [4.69, 9.17) is 33.1 Å². The van der Waals surface area contributed by atoms with E-state index in [1.807, 2.05) is 24.3 Å². The van der Waals surface area contributed by atoms with Crippen LogP contribution in [0.3, 0.4) is 0 Å². The molecule has 0 aromatic heterocycles. The average molecular weight is 294 g/mol. The maximum Gasteiger partial charge on any atom is 0.401 e. The molecular formula is C12H11Cl3O2. The molecular weight excluding hydrogens is 282 g/mol. The smallest absolute Gasteiger partial charge is 0.401 e. The van der Waals surface area contributed by atoms with Gasteiger partial charge in [0, 0.05) is 21.7 Å². The zero-order chi connectivity index (χ0) is 12.8. The predicted octanol–water partition coefficient (Wildman–Crippen LogP) is 5.23. The Balaban J connectivity index is 0.000000317. The average Bonchev–Trinajstić information content (AvgIpc) is 3.01. The Hall–Kier alpha value is -0.700. The molecule has 1 aliphatic carbocycles. The zero-order valence-corrected chi connectivity index (χ0v) is 11.1. The second-order valence-corrected chi connectivity index (χ2v) is 4.78. The molecule has 0 unspecified atom stereocenters. The van der Waals surface area contributed by atoms with Crippen LogP contribution in [0.1, 0.15) is 18.4 Å². The van der Waals surface area contributed by atoms with Gasteiger partial charge in [-0.15, -0.1) is 0 Å². The maximum atomic E-state index is 8.77. The fourth-order valence-electron chi connectivity index (χ4n) is 1.18. The van der Waals surface area contributed by atoms with Gasteiger partial charge < -0.3 is 5.11 Å². The molecule has 0 heterocycles. The lowest BCUT2D eigenvalue weighted by Gasteiger charge is -1.98. The fourth-order valence-corrected chi connectivity index (χ4v) is 1.61. The monoisotopic (exact) mass is 292 g/mol. The third-order valence-electron chi connectivity index (χ3n) is 2.12. The van der Waals surface area contributed by atoms with E-state index >= 15 is 0 Å². The molecule has 0 aliphatic heterocycles. The molecule has 1 saturated carbocycles. The van der Waals surface area contributed by atoms with Crippen molar-refractivity contribution in [2.45, 2.75) is 12.8 Å². The van der Waals surface area contributed by atoms with Crippen LogP contribution in [0, 0.1) is 5.92 Å². The molecule has 0 radical (unpaired) electrons. The van der Waals surface area contributed by atoms with Crippen molar-refractivity contribution in [2.24, 2.45) is 5.92 Å². The molecule has 1 aliphatic rings. The maximum absolute atomic E-state index is 8.77. The van der Waals surface area contributed by atoms with Gasteiger partial charge in [0.15, 0.2) is 0 Å². The molecule has 0 spiro atoms. The van der Waals surface area contributed by atoms with E-state index < -0.39 is 5.43 Å². The van der Waals surface area contributed by atoms with Crippen LogP contribution < -0.4 is 0 Å². The number of rotatable bonds is 2. The summed E-state index contributed by atoms with van der Waals surface area (Å²) >= 11 is 16.1. The van der Waals surface area contributed by atoms with Crippen LogP contribution >= 0.6 is 34.8 Å². The van der Waals surface area contributed by atoms with Crippen molar-refractivity contribution in [1.82, 2.24) is 0 Å². The molecule has 17 heavy (non-hydrogen) atoms. The van der Waals surface area contributed by atoms with Gasteiger partial charge in [0.1, 0.15) is 0 Å². The first kappa shape index (κ1) is 14.4. The van der Waals surface area contributed by atoms with Crippen molar-refractivity contribution < 1.29 is 9.90 Å². The second-order valence-electron chi connectivity index (χ2n) is 3.61. The Labute approximate surface area is 115 Å². The molecule has 1 aromatic carbocycles. The minimum atomic E-state index is -1.36. The summed E-state index contributed by atoms with van der Waals surface area (Å²) in [6.07, 6.45) is 4.69. The molecule has 0 bridgehead atoms. The summed E-state index contributed by atoms with van der Waals surface area (Å²) in [6.45, 7) is 0. The first-order chi connectivity index (χ1) is 7.99. The van der Waals surface area contributed by atoms with E-state index in [0.29, 0.717) is 5.92 Å². The van der Waals surface area contributed by atoms with E-state index in [9.17, 15) is 0 Å². The highest BCUT2D eigenvalue weighted by molar-refractivity contribution is 6.60. The molecule has 0 atom stereocenters. The topological polar surface area (TPSA) is 37.3 Å². The first-order valence-electron chi connectivity index (χ1n) is 5.00. The molecule has 2 nitrogen and oxygen atoms in total. The van der Waals surface area contributed by atoms with Crippen LogP contribution in [-0.2, 0) is 0 Å². The fraction of sp³-hybridized carbons (Fsp3) is 0.250. The van der Waals surface area contributed by atoms with Crippen molar-refractivity contribution in [3.8, 4) is 0 Å². The van der Waals surface area contributed by atoms with Crippen molar-refractivity contribution in [1.29, 1.82) is 0 Å². The lowest BCUT2D eigenvalue weighted by molar-refractivity contribution is 0.220. The van der Waals surface area contributed by atoms with E-state index in [0.717, 1.165) is 15.6 Å². The van der Waals surface area contributed by atoms with Crippen LogP contribution in [0.25, 0.3) is 5.03 Å². The largest absolute Gasteiger partial charge is 0.469 e. The molecule has 0 amide bonds. The number of hydrogen-bond donors (Lipinski definition) is 1. The number of hydrogen-bond acceptors (Lipinski definition) is 1. The molecule has 1 N–H and O–H groups in total. The number of carbonyl (C=O) groups is 1. The minimum Gasteiger partial charge on any atom is -0.469 e. The molecule has 2 rings (SSSR count). The van der Waals surface area contributed by atoms with Gasteiger partial charge in [0.25, 0.3) is 0 Å². The third kappa shape index (κ3) is 6.57. The quantitative estimate of drug-likeness (QED) is 0.758. The lowest BCUT2D eigenvalue weighted by Crippen LogP contribution is -1.77. The van der Waals surface area contributed by atoms with Crippen LogP contribution in [-0.4, -0.2) is 10.5 Å². The Bertz CT molecular complexity index is 404. The lowest BCUT2D eigenvalue weighted by atomic mass is 10.2. The van der Waals surface area contributed by atoms with Gasteiger partial charge in [0.05, 0.1) is 0 Å². The van der Waals surface area contributed by atoms with Gasteiger partial charge >= 0.3 is 5.43 Å². The SMILES string of the molecule is Cl/C(=C/C1CC1)c1ccc(Cl)cc1.O=C(O)Cl. The summed E-state index contributed by atoms with van der Waals surface area (Å²) < 4.78 is 0. The van der Waals surface area contributed by atoms with Crippen LogP contribution in [0.15, 0.2) is 30.3 Å². The second kappa shape index (κ2) is 6.90. The van der Waals surface area contributed by atoms with E-state index in [1.54, 1.807) is 0 Å². The third-order valence-corrected chi connectivity index (χ3v) is 2.72. The van der Waals surface area contributed by atoms with Crippen LogP contribution in [0.5, 0.6) is 0 Å². The van der Waals surface area contributed by atoms with Gasteiger partial charge in [-0.2, -0.15) is 0 Å². The molecule has 0 saturated heterocycles. The van der Waals surface area contributed by atoms with E-state index in [2.05, 4.69) is 17.7 Å². The summed E-state index contributed by atoms with van der Waals surface area (Å²) in [7, 11) is 0. The number of benzene rings is 1. The van der Waals surface area contributed by atoms with Crippen LogP contribution in [0.4, 0.5) is 4.79 Å². The van der Waals surface area contributed by atoms with Crippen LogP contribution in [0.2, 0.25) is 5.02 Å². The summed E-state index contributed by atoms with van der Waals surface area (Å²) in [6, 6.07) is 7.62. The summed E-state index contributed by atoms with van der Waals surface area (Å²) in [5, 5.41) is 8.78. The minimum absolute atomic E-state index is 0.711.